The molecular weight excluding hydrogens is 130 g/mol. The topological polar surface area (TPSA) is 87.3 Å². The van der Waals surface area contributed by atoms with Crippen molar-refractivity contribution in [3.8, 4) is 0 Å². The van der Waals surface area contributed by atoms with Gasteiger partial charge in [-0.3, -0.25) is 11.5 Å². The van der Waals surface area contributed by atoms with Crippen LogP contribution in [0.1, 0.15) is 6.42 Å². The van der Waals surface area contributed by atoms with E-state index in [1.807, 2.05) is 0 Å². The summed E-state index contributed by atoms with van der Waals surface area (Å²) in [6.07, 6.45) is 4.12. The predicted octanol–water partition coefficient (Wildman–Crippen LogP) is -1.39. The molecule has 0 aromatic rings. The molecule has 56 valence electrons. The van der Waals surface area contributed by atoms with Crippen molar-refractivity contribution < 1.29 is 4.74 Å². The van der Waals surface area contributed by atoms with Crippen LogP contribution in [0.25, 0.3) is 0 Å². The smallest absolute Gasteiger partial charge is 0.154 e. The Balaban J connectivity index is 2.38. The van der Waals surface area contributed by atoms with E-state index in [0.717, 1.165) is 0 Å². The Morgan fingerprint density at radius 3 is 2.30 bits per heavy atom. The van der Waals surface area contributed by atoms with E-state index in [9.17, 15) is 0 Å². The number of hydrogen-bond acceptors (Lipinski definition) is 4. The van der Waals surface area contributed by atoms with Crippen molar-refractivity contribution in [1.29, 1.82) is 0 Å². The third-order valence-corrected chi connectivity index (χ3v) is 2.11. The number of rotatable bonds is 0. The fourth-order valence-electron chi connectivity index (χ4n) is 1.48. The van der Waals surface area contributed by atoms with Crippen LogP contribution in [0.4, 0.5) is 0 Å². The van der Waals surface area contributed by atoms with Crippen LogP contribution in [0.5, 0.6) is 0 Å². The summed E-state index contributed by atoms with van der Waals surface area (Å²) in [5, 5.41) is 0. The molecule has 2 bridgehead atoms. The highest BCUT2D eigenvalue weighted by atomic mass is 16.6. The van der Waals surface area contributed by atoms with E-state index in [0.29, 0.717) is 6.42 Å². The number of ether oxygens (including phenoxy) is 1. The molecule has 0 aliphatic carbocycles. The first kappa shape index (κ1) is 6.30. The number of fused-ring (bicyclic) bond motifs is 2. The summed E-state index contributed by atoms with van der Waals surface area (Å²) in [4.78, 5) is 0. The van der Waals surface area contributed by atoms with Crippen LogP contribution in [-0.2, 0) is 4.74 Å². The monoisotopic (exact) mass is 141 g/mol. The van der Waals surface area contributed by atoms with Crippen LogP contribution in [0.2, 0.25) is 0 Å². The zero-order valence-corrected chi connectivity index (χ0v) is 5.58. The summed E-state index contributed by atoms with van der Waals surface area (Å²) in [5.74, 6) is 0. The normalized spacial score (nSPS) is 58.1. The zero-order valence-electron chi connectivity index (χ0n) is 5.58. The summed E-state index contributed by atoms with van der Waals surface area (Å²) < 4.78 is 5.28. The van der Waals surface area contributed by atoms with Gasteiger partial charge in [-0.05, 0) is 12.2 Å². The quantitative estimate of drug-likeness (QED) is 0.362. The lowest BCUT2D eigenvalue weighted by molar-refractivity contribution is -0.0277. The summed E-state index contributed by atoms with van der Waals surface area (Å²) in [6, 6.07) is -0.164. The average Bonchev–Trinajstić information content (AvgIpc) is 2.17. The molecule has 0 amide bonds. The molecule has 0 aromatic heterocycles. The van der Waals surface area contributed by atoms with E-state index in [2.05, 4.69) is 0 Å². The van der Waals surface area contributed by atoms with Crippen LogP contribution >= 0.6 is 0 Å². The third kappa shape index (κ3) is 0.590. The second-order valence-corrected chi connectivity index (χ2v) is 3.05. The molecule has 2 rings (SSSR count). The lowest BCUT2D eigenvalue weighted by Gasteiger charge is -2.20. The molecule has 4 heteroatoms. The molecule has 4 nitrogen and oxygen atoms in total. The van der Waals surface area contributed by atoms with Crippen LogP contribution < -0.4 is 17.2 Å². The summed E-state index contributed by atoms with van der Waals surface area (Å²) >= 11 is 0. The molecule has 2 aliphatic rings. The summed E-state index contributed by atoms with van der Waals surface area (Å²) in [7, 11) is 0. The first-order chi connectivity index (χ1) is 4.54. The SMILES string of the molecule is NC1CC2(N)C=CC1(N)O2. The van der Waals surface area contributed by atoms with Gasteiger partial charge in [0.1, 0.15) is 5.72 Å². The molecule has 1 saturated heterocycles. The van der Waals surface area contributed by atoms with Gasteiger partial charge in [0.15, 0.2) is 5.72 Å². The molecule has 2 aliphatic heterocycles. The Bertz CT molecular complexity index is 205. The minimum atomic E-state index is -0.797. The summed E-state index contributed by atoms with van der Waals surface area (Å²) in [5.41, 5.74) is 15.6. The largest absolute Gasteiger partial charge is 0.331 e. The average molecular weight is 141 g/mol. The van der Waals surface area contributed by atoms with Gasteiger partial charge in [-0.1, -0.05) is 0 Å². The molecule has 1 fully saturated rings. The number of hydrogen-bond donors (Lipinski definition) is 3. The Hall–Kier alpha value is -0.420. The zero-order chi connectivity index (χ0) is 7.41. The van der Waals surface area contributed by atoms with Gasteiger partial charge in [-0.2, -0.15) is 0 Å². The Kier molecular flexibility index (Phi) is 0.900. The Morgan fingerprint density at radius 1 is 1.40 bits per heavy atom. The van der Waals surface area contributed by atoms with Gasteiger partial charge in [0.2, 0.25) is 0 Å². The standard InChI is InChI=1S/C6H11N3O/c7-4-3-5(8)1-2-6(4,9)10-5/h1-2,4H,3,7-9H2. The molecule has 10 heavy (non-hydrogen) atoms. The highest BCUT2D eigenvalue weighted by molar-refractivity contribution is 5.24. The van der Waals surface area contributed by atoms with Crippen molar-refractivity contribution in [2.24, 2.45) is 17.2 Å². The van der Waals surface area contributed by atoms with E-state index in [4.69, 9.17) is 21.9 Å². The van der Waals surface area contributed by atoms with Crippen LogP contribution in [0.3, 0.4) is 0 Å². The van der Waals surface area contributed by atoms with Gasteiger partial charge in [-0.15, -0.1) is 0 Å². The molecule has 3 unspecified atom stereocenters. The summed E-state index contributed by atoms with van der Waals surface area (Å²) in [6.45, 7) is 0. The van der Waals surface area contributed by atoms with Crippen molar-refractivity contribution in [3.63, 3.8) is 0 Å². The Morgan fingerprint density at radius 2 is 2.10 bits per heavy atom. The third-order valence-electron chi connectivity index (χ3n) is 2.11. The van der Waals surface area contributed by atoms with Crippen molar-refractivity contribution in [2.45, 2.75) is 23.9 Å². The van der Waals surface area contributed by atoms with Gasteiger partial charge in [0.25, 0.3) is 0 Å². The van der Waals surface area contributed by atoms with E-state index in [1.165, 1.54) is 0 Å². The van der Waals surface area contributed by atoms with Gasteiger partial charge >= 0.3 is 0 Å². The lowest BCUT2D eigenvalue weighted by Crippen LogP contribution is -2.50. The fraction of sp³-hybridized carbons (Fsp3) is 0.667. The second kappa shape index (κ2) is 1.43. The highest BCUT2D eigenvalue weighted by Gasteiger charge is 2.52. The molecule has 6 N–H and O–H groups in total. The van der Waals surface area contributed by atoms with E-state index < -0.39 is 11.4 Å². The minimum absolute atomic E-state index is 0.164. The second-order valence-electron chi connectivity index (χ2n) is 3.05. The highest BCUT2D eigenvalue weighted by Crippen LogP contribution is 2.38. The lowest BCUT2D eigenvalue weighted by atomic mass is 9.95. The molecule has 0 spiro atoms. The molecule has 2 heterocycles. The van der Waals surface area contributed by atoms with Crippen LogP contribution in [0, 0.1) is 0 Å². The van der Waals surface area contributed by atoms with Crippen molar-refractivity contribution in [3.05, 3.63) is 12.2 Å². The van der Waals surface area contributed by atoms with Gasteiger partial charge in [-0.25, -0.2) is 0 Å². The fourth-order valence-corrected chi connectivity index (χ4v) is 1.48. The first-order valence-electron chi connectivity index (χ1n) is 3.28. The Labute approximate surface area is 59.0 Å². The molecule has 3 atom stereocenters. The van der Waals surface area contributed by atoms with Gasteiger partial charge in [0, 0.05) is 6.42 Å². The van der Waals surface area contributed by atoms with E-state index in [-0.39, 0.29) is 6.04 Å². The van der Waals surface area contributed by atoms with Crippen LogP contribution in [-0.4, -0.2) is 17.5 Å². The molecule has 0 radical (unpaired) electrons. The minimum Gasteiger partial charge on any atom is -0.331 e. The van der Waals surface area contributed by atoms with Gasteiger partial charge < -0.3 is 10.5 Å². The molecule has 0 saturated carbocycles. The predicted molar refractivity (Wildman–Crippen MR) is 36.7 cm³/mol. The van der Waals surface area contributed by atoms with Crippen molar-refractivity contribution in [1.82, 2.24) is 0 Å². The van der Waals surface area contributed by atoms with Crippen molar-refractivity contribution >= 4 is 0 Å². The molecule has 0 aromatic carbocycles. The van der Waals surface area contributed by atoms with E-state index in [1.54, 1.807) is 12.2 Å². The maximum atomic E-state index is 5.71. The maximum absolute atomic E-state index is 5.71. The molecular formula is C6H11N3O. The first-order valence-corrected chi connectivity index (χ1v) is 3.28. The van der Waals surface area contributed by atoms with E-state index >= 15 is 0 Å². The van der Waals surface area contributed by atoms with Crippen LogP contribution in [0.15, 0.2) is 12.2 Å². The van der Waals surface area contributed by atoms with Gasteiger partial charge in [0.05, 0.1) is 6.04 Å². The van der Waals surface area contributed by atoms with Crippen molar-refractivity contribution in [2.75, 3.05) is 0 Å². The maximum Gasteiger partial charge on any atom is 0.154 e. The number of nitrogens with two attached hydrogens (primary N) is 3.